The molecular formula is C32H43N5O4. The Hall–Kier alpha value is -3.40. The highest BCUT2D eigenvalue weighted by atomic mass is 16.5. The summed E-state index contributed by atoms with van der Waals surface area (Å²) in [5.74, 6) is 0.353. The van der Waals surface area contributed by atoms with Crippen LogP contribution in [0.1, 0.15) is 50.6 Å². The van der Waals surface area contributed by atoms with Crippen LogP contribution in [-0.4, -0.2) is 92.1 Å². The third-order valence-electron chi connectivity index (χ3n) is 7.99. The van der Waals surface area contributed by atoms with Crippen LogP contribution in [0.5, 0.6) is 0 Å². The van der Waals surface area contributed by atoms with Gasteiger partial charge in [-0.2, -0.15) is 0 Å². The Morgan fingerprint density at radius 3 is 2.07 bits per heavy atom. The molecule has 2 fully saturated rings. The minimum Gasteiger partial charge on any atom is -0.463 e. The molecule has 41 heavy (non-hydrogen) atoms. The lowest BCUT2D eigenvalue weighted by atomic mass is 9.86. The molecule has 3 heterocycles. The van der Waals surface area contributed by atoms with Crippen LogP contribution in [0.2, 0.25) is 0 Å². The van der Waals surface area contributed by atoms with Gasteiger partial charge in [-0.05, 0) is 35.2 Å². The Kier molecular flexibility index (Phi) is 8.97. The highest BCUT2D eigenvalue weighted by Crippen LogP contribution is 2.35. The van der Waals surface area contributed by atoms with Gasteiger partial charge in [-0.15, -0.1) is 0 Å². The minimum atomic E-state index is -0.470. The number of rotatable bonds is 7. The van der Waals surface area contributed by atoms with Crippen LogP contribution in [0.25, 0.3) is 5.76 Å². The third kappa shape index (κ3) is 7.28. The van der Waals surface area contributed by atoms with Gasteiger partial charge in [-0.25, -0.2) is 0 Å². The van der Waals surface area contributed by atoms with E-state index in [0.717, 1.165) is 63.6 Å². The average Bonchev–Trinajstić information content (AvgIpc) is 3.42. The Morgan fingerprint density at radius 2 is 1.49 bits per heavy atom. The minimum absolute atomic E-state index is 0.0485. The molecule has 2 saturated heterocycles. The Labute approximate surface area is 243 Å². The van der Waals surface area contributed by atoms with Gasteiger partial charge in [0.1, 0.15) is 5.70 Å². The number of anilines is 1. The summed E-state index contributed by atoms with van der Waals surface area (Å²) in [4.78, 5) is 32.2. The molecule has 0 saturated carbocycles. The second kappa shape index (κ2) is 12.6. The summed E-state index contributed by atoms with van der Waals surface area (Å²) in [6, 6.07) is 15.8. The molecule has 0 radical (unpaired) electrons. The Morgan fingerprint density at radius 1 is 0.878 bits per heavy atom. The normalized spacial score (nSPS) is 20.5. The van der Waals surface area contributed by atoms with Gasteiger partial charge in [0.15, 0.2) is 12.0 Å². The van der Waals surface area contributed by atoms with Gasteiger partial charge < -0.3 is 25.0 Å². The van der Waals surface area contributed by atoms with Crippen LogP contribution in [0.3, 0.4) is 0 Å². The zero-order chi connectivity index (χ0) is 29.0. The number of nitrogens with zero attached hydrogens (tertiary/aromatic N) is 3. The molecule has 5 rings (SSSR count). The number of ether oxygens (including phenoxy) is 2. The Bertz CT molecular complexity index is 1240. The van der Waals surface area contributed by atoms with E-state index in [1.54, 1.807) is 0 Å². The summed E-state index contributed by atoms with van der Waals surface area (Å²) in [7, 11) is 0. The SMILES string of the molecule is CC(=O)Nc1ccc(C2=C(C(=O)N3CCN(CCN4CCOCC4)CC3)NC(c3ccc(C(C)(C)C)cc3)O2)cc1. The first-order valence-corrected chi connectivity index (χ1v) is 14.6. The summed E-state index contributed by atoms with van der Waals surface area (Å²) in [5, 5.41) is 6.20. The third-order valence-corrected chi connectivity index (χ3v) is 7.99. The van der Waals surface area contributed by atoms with E-state index in [4.69, 9.17) is 9.47 Å². The standard InChI is InChI=1S/C32H43N5O4/c1-23(38)33-27-11-7-24(8-12-27)29-28(34-30(41-29)25-5-9-26(10-6-25)32(2,3)4)31(39)37-17-15-35(16-18-37)13-14-36-19-21-40-22-20-36/h5-12,30,34H,13-22H2,1-4H3,(H,33,38). The van der Waals surface area contributed by atoms with Crippen LogP contribution in [0.4, 0.5) is 5.69 Å². The first-order valence-electron chi connectivity index (χ1n) is 14.6. The van der Waals surface area contributed by atoms with E-state index < -0.39 is 6.23 Å². The zero-order valence-electron chi connectivity index (χ0n) is 24.7. The van der Waals surface area contributed by atoms with Crippen LogP contribution in [-0.2, 0) is 24.5 Å². The molecule has 0 aliphatic carbocycles. The summed E-state index contributed by atoms with van der Waals surface area (Å²) < 4.78 is 11.9. The number of piperazine rings is 1. The summed E-state index contributed by atoms with van der Waals surface area (Å²) in [6.07, 6.45) is -0.470. The van der Waals surface area contributed by atoms with Crippen molar-refractivity contribution >= 4 is 23.3 Å². The second-order valence-corrected chi connectivity index (χ2v) is 12.1. The van der Waals surface area contributed by atoms with Gasteiger partial charge in [-0.1, -0.05) is 45.0 Å². The first kappa shape index (κ1) is 29.1. The lowest BCUT2D eigenvalue weighted by molar-refractivity contribution is -0.129. The van der Waals surface area contributed by atoms with Gasteiger partial charge in [0.05, 0.1) is 13.2 Å². The fourth-order valence-corrected chi connectivity index (χ4v) is 5.43. The van der Waals surface area contributed by atoms with Crippen molar-refractivity contribution in [3.8, 4) is 0 Å². The number of nitrogens with one attached hydrogen (secondary N) is 2. The van der Waals surface area contributed by atoms with E-state index in [1.807, 2.05) is 29.2 Å². The summed E-state index contributed by atoms with van der Waals surface area (Å²) in [5.41, 5.74) is 4.21. The van der Waals surface area contributed by atoms with E-state index in [2.05, 4.69) is 65.5 Å². The van der Waals surface area contributed by atoms with Crippen molar-refractivity contribution in [2.75, 3.05) is 70.9 Å². The molecule has 2 aromatic carbocycles. The monoisotopic (exact) mass is 561 g/mol. The van der Waals surface area contributed by atoms with Crippen molar-refractivity contribution < 1.29 is 19.1 Å². The van der Waals surface area contributed by atoms with Crippen LogP contribution in [0, 0.1) is 0 Å². The number of morpholine rings is 1. The lowest BCUT2D eigenvalue weighted by Gasteiger charge is -2.36. The van der Waals surface area contributed by atoms with Crippen molar-refractivity contribution in [2.45, 2.75) is 39.3 Å². The van der Waals surface area contributed by atoms with Crippen molar-refractivity contribution in [1.82, 2.24) is 20.0 Å². The Balaban J connectivity index is 1.29. The van der Waals surface area contributed by atoms with Crippen molar-refractivity contribution in [3.05, 3.63) is 70.9 Å². The van der Waals surface area contributed by atoms with Gasteiger partial charge in [0.2, 0.25) is 5.91 Å². The molecule has 1 unspecified atom stereocenters. The first-order chi connectivity index (χ1) is 19.7. The maximum absolute atomic E-state index is 13.9. The number of carbonyl (C=O) groups excluding carboxylic acids is 2. The van der Waals surface area contributed by atoms with Crippen LogP contribution < -0.4 is 10.6 Å². The molecule has 9 heteroatoms. The predicted molar refractivity (Wildman–Crippen MR) is 160 cm³/mol. The van der Waals surface area contributed by atoms with Gasteiger partial charge in [0.25, 0.3) is 5.91 Å². The van der Waals surface area contributed by atoms with E-state index in [1.165, 1.54) is 12.5 Å². The molecule has 3 aliphatic rings. The number of hydrogen-bond acceptors (Lipinski definition) is 7. The molecule has 220 valence electrons. The molecule has 3 aliphatic heterocycles. The van der Waals surface area contributed by atoms with Crippen LogP contribution >= 0.6 is 0 Å². The van der Waals surface area contributed by atoms with E-state index in [9.17, 15) is 9.59 Å². The maximum atomic E-state index is 13.9. The lowest BCUT2D eigenvalue weighted by Crippen LogP contribution is -2.51. The zero-order valence-corrected chi connectivity index (χ0v) is 24.7. The number of benzene rings is 2. The largest absolute Gasteiger partial charge is 0.463 e. The molecule has 9 nitrogen and oxygen atoms in total. The molecule has 2 amide bonds. The number of carbonyl (C=O) groups is 2. The molecule has 0 bridgehead atoms. The van der Waals surface area contributed by atoms with Gasteiger partial charge >= 0.3 is 0 Å². The maximum Gasteiger partial charge on any atom is 0.274 e. The second-order valence-electron chi connectivity index (χ2n) is 12.1. The van der Waals surface area contributed by atoms with E-state index in [-0.39, 0.29) is 17.2 Å². The van der Waals surface area contributed by atoms with E-state index >= 15 is 0 Å². The quantitative estimate of drug-likeness (QED) is 0.536. The highest BCUT2D eigenvalue weighted by Gasteiger charge is 2.35. The highest BCUT2D eigenvalue weighted by molar-refractivity contribution is 6.00. The number of amides is 2. The smallest absolute Gasteiger partial charge is 0.274 e. The predicted octanol–water partition coefficient (Wildman–Crippen LogP) is 3.41. The molecule has 2 aromatic rings. The van der Waals surface area contributed by atoms with E-state index in [0.29, 0.717) is 30.2 Å². The summed E-state index contributed by atoms with van der Waals surface area (Å²) >= 11 is 0. The van der Waals surface area contributed by atoms with Crippen molar-refractivity contribution in [2.24, 2.45) is 0 Å². The van der Waals surface area contributed by atoms with Gasteiger partial charge in [0, 0.05) is 76.1 Å². The molecule has 0 spiro atoms. The topological polar surface area (TPSA) is 86.4 Å². The molecule has 0 aromatic heterocycles. The molecule has 1 atom stereocenters. The average molecular weight is 562 g/mol. The molecular weight excluding hydrogens is 518 g/mol. The van der Waals surface area contributed by atoms with Crippen LogP contribution in [0.15, 0.2) is 54.2 Å². The molecule has 2 N–H and O–H groups in total. The fraction of sp³-hybridized carbons (Fsp3) is 0.500. The number of hydrogen-bond donors (Lipinski definition) is 2. The fourth-order valence-electron chi connectivity index (χ4n) is 5.43. The summed E-state index contributed by atoms with van der Waals surface area (Å²) in [6.45, 7) is 16.7. The van der Waals surface area contributed by atoms with Gasteiger partial charge in [-0.3, -0.25) is 19.4 Å². The van der Waals surface area contributed by atoms with Crippen molar-refractivity contribution in [3.63, 3.8) is 0 Å². The van der Waals surface area contributed by atoms with Crippen molar-refractivity contribution in [1.29, 1.82) is 0 Å².